The molecule has 2 N–H and O–H groups in total. The predicted octanol–water partition coefficient (Wildman–Crippen LogP) is 3.61. The Kier molecular flexibility index (Phi) is 2.82. The minimum atomic E-state index is -5.12. The van der Waals surface area contributed by atoms with E-state index in [0.29, 0.717) is 6.07 Å². The number of rotatable bonds is 0. The van der Waals surface area contributed by atoms with Gasteiger partial charge in [0.05, 0.1) is 11.1 Å². The summed E-state index contributed by atoms with van der Waals surface area (Å²) < 4.78 is 74.3. The smallest absolute Gasteiger partial charge is 0.398 e. The van der Waals surface area contributed by atoms with Crippen molar-refractivity contribution in [2.24, 2.45) is 0 Å². The molecule has 0 saturated heterocycles. The Morgan fingerprint density at radius 3 is 1.81 bits per heavy atom. The molecule has 90 valence electrons. The van der Waals surface area contributed by atoms with Crippen LogP contribution in [0.25, 0.3) is 0 Å². The number of benzene rings is 1. The quantitative estimate of drug-likeness (QED) is 0.546. The van der Waals surface area contributed by atoms with Gasteiger partial charge in [0.25, 0.3) is 0 Å². The van der Waals surface area contributed by atoms with Crippen LogP contribution in [0.1, 0.15) is 16.7 Å². The second-order valence-corrected chi connectivity index (χ2v) is 3.27. The molecule has 0 radical (unpaired) electrons. The zero-order valence-electron chi connectivity index (χ0n) is 8.00. The monoisotopic (exact) mass is 243 g/mol. The van der Waals surface area contributed by atoms with Gasteiger partial charge in [-0.2, -0.15) is 26.3 Å². The van der Waals surface area contributed by atoms with Gasteiger partial charge >= 0.3 is 12.4 Å². The molecular formula is C9H7F6N. The van der Waals surface area contributed by atoms with Crippen LogP contribution in [-0.4, -0.2) is 0 Å². The highest BCUT2D eigenvalue weighted by atomic mass is 19.4. The zero-order valence-corrected chi connectivity index (χ0v) is 8.00. The highest BCUT2D eigenvalue weighted by Crippen LogP contribution is 2.43. The number of hydrogen-bond acceptors (Lipinski definition) is 1. The van der Waals surface area contributed by atoms with E-state index in [1.165, 1.54) is 6.92 Å². The highest BCUT2D eigenvalue weighted by Gasteiger charge is 2.44. The zero-order chi connectivity index (χ0) is 12.7. The van der Waals surface area contributed by atoms with Crippen molar-refractivity contribution in [3.63, 3.8) is 0 Å². The van der Waals surface area contributed by atoms with Crippen molar-refractivity contribution in [1.29, 1.82) is 0 Å². The highest BCUT2D eigenvalue weighted by molar-refractivity contribution is 5.55. The fourth-order valence-electron chi connectivity index (χ4n) is 1.35. The average molecular weight is 243 g/mol. The molecule has 0 aliphatic rings. The van der Waals surface area contributed by atoms with Crippen molar-refractivity contribution in [2.75, 3.05) is 5.73 Å². The Balaban J connectivity index is 3.58. The maximum atomic E-state index is 12.4. The van der Waals surface area contributed by atoms with Crippen LogP contribution in [0.15, 0.2) is 12.1 Å². The minimum Gasteiger partial charge on any atom is -0.398 e. The summed E-state index contributed by atoms with van der Waals surface area (Å²) in [5.41, 5.74) is 0.513. The van der Waals surface area contributed by atoms with Crippen molar-refractivity contribution in [3.8, 4) is 0 Å². The number of aryl methyl sites for hydroxylation is 1. The van der Waals surface area contributed by atoms with E-state index in [9.17, 15) is 26.3 Å². The molecule has 0 unspecified atom stereocenters. The molecule has 16 heavy (non-hydrogen) atoms. The molecule has 0 aliphatic carbocycles. The Labute approximate surface area is 86.9 Å². The van der Waals surface area contributed by atoms with E-state index in [0.717, 1.165) is 6.07 Å². The third-order valence-electron chi connectivity index (χ3n) is 1.90. The van der Waals surface area contributed by atoms with Crippen LogP contribution in [-0.2, 0) is 12.4 Å². The van der Waals surface area contributed by atoms with Crippen LogP contribution in [0.5, 0.6) is 0 Å². The molecule has 1 aromatic rings. The molecule has 0 spiro atoms. The third-order valence-corrected chi connectivity index (χ3v) is 1.90. The number of hydrogen-bond donors (Lipinski definition) is 1. The summed E-state index contributed by atoms with van der Waals surface area (Å²) in [5.74, 6) is 0. The minimum absolute atomic E-state index is 0.0258. The molecular weight excluding hydrogens is 236 g/mol. The van der Waals surface area contributed by atoms with E-state index in [1.54, 1.807) is 0 Å². The largest absolute Gasteiger partial charge is 0.418 e. The topological polar surface area (TPSA) is 26.0 Å². The molecule has 1 rings (SSSR count). The Morgan fingerprint density at radius 1 is 0.938 bits per heavy atom. The predicted molar refractivity (Wildman–Crippen MR) is 45.6 cm³/mol. The van der Waals surface area contributed by atoms with Gasteiger partial charge in [-0.3, -0.25) is 0 Å². The average Bonchev–Trinajstić information content (AvgIpc) is 1.97. The number of halogens is 6. The molecule has 0 aromatic heterocycles. The molecule has 0 heterocycles. The van der Waals surface area contributed by atoms with Gasteiger partial charge in [-0.1, -0.05) is 0 Å². The SMILES string of the molecule is Cc1cc(N)c(C(F)(F)F)c(C(F)(F)F)c1. The second-order valence-electron chi connectivity index (χ2n) is 3.27. The fourth-order valence-corrected chi connectivity index (χ4v) is 1.35. The van der Waals surface area contributed by atoms with Crippen LogP contribution in [0.2, 0.25) is 0 Å². The summed E-state index contributed by atoms with van der Waals surface area (Å²) in [4.78, 5) is 0. The first-order valence-electron chi connectivity index (χ1n) is 4.08. The lowest BCUT2D eigenvalue weighted by molar-refractivity contribution is -0.161. The summed E-state index contributed by atoms with van der Waals surface area (Å²) in [6.07, 6.45) is -10.2. The standard InChI is InChI=1S/C9H7F6N/c1-4-2-5(8(10,11)12)7(6(16)3-4)9(13,14)15/h2-3H,16H2,1H3. The lowest BCUT2D eigenvalue weighted by Crippen LogP contribution is -2.19. The molecule has 0 saturated carbocycles. The van der Waals surface area contributed by atoms with Crippen LogP contribution >= 0.6 is 0 Å². The van der Waals surface area contributed by atoms with Gasteiger partial charge < -0.3 is 5.73 Å². The normalized spacial score (nSPS) is 12.9. The van der Waals surface area contributed by atoms with Crippen molar-refractivity contribution < 1.29 is 26.3 Å². The van der Waals surface area contributed by atoms with Crippen LogP contribution < -0.4 is 5.73 Å². The molecule has 0 aliphatic heterocycles. The van der Waals surface area contributed by atoms with Crippen molar-refractivity contribution in [3.05, 3.63) is 28.8 Å². The Hall–Kier alpha value is -1.40. The van der Waals surface area contributed by atoms with E-state index in [1.807, 2.05) is 0 Å². The second kappa shape index (κ2) is 3.57. The van der Waals surface area contributed by atoms with Gasteiger partial charge in [0, 0.05) is 5.69 Å². The van der Waals surface area contributed by atoms with Gasteiger partial charge in [0.15, 0.2) is 0 Å². The summed E-state index contributed by atoms with van der Waals surface area (Å²) in [7, 11) is 0. The van der Waals surface area contributed by atoms with E-state index in [2.05, 4.69) is 0 Å². The van der Waals surface area contributed by atoms with E-state index >= 15 is 0 Å². The van der Waals surface area contributed by atoms with Gasteiger partial charge in [-0.05, 0) is 24.6 Å². The van der Waals surface area contributed by atoms with Crippen LogP contribution in [0.4, 0.5) is 32.0 Å². The van der Waals surface area contributed by atoms with Gasteiger partial charge in [0.2, 0.25) is 0 Å². The molecule has 0 atom stereocenters. The molecule has 0 fully saturated rings. The fraction of sp³-hybridized carbons (Fsp3) is 0.333. The van der Waals surface area contributed by atoms with Crippen molar-refractivity contribution in [1.82, 2.24) is 0 Å². The van der Waals surface area contributed by atoms with Gasteiger partial charge in [0.1, 0.15) is 0 Å². The molecule has 0 bridgehead atoms. The Morgan fingerprint density at radius 2 is 1.44 bits per heavy atom. The first-order chi connectivity index (χ1) is 7.03. The summed E-state index contributed by atoms with van der Waals surface area (Å²) in [5, 5.41) is 0. The first kappa shape index (κ1) is 12.7. The lowest BCUT2D eigenvalue weighted by atomic mass is 10.0. The van der Waals surface area contributed by atoms with E-state index in [4.69, 9.17) is 5.73 Å². The summed E-state index contributed by atoms with van der Waals surface area (Å²) in [6.45, 7) is 1.24. The number of nitrogens with two attached hydrogens (primary N) is 1. The lowest BCUT2D eigenvalue weighted by Gasteiger charge is -2.18. The van der Waals surface area contributed by atoms with Gasteiger partial charge in [-0.25, -0.2) is 0 Å². The molecule has 0 amide bonds. The van der Waals surface area contributed by atoms with E-state index < -0.39 is 29.2 Å². The molecule has 1 aromatic carbocycles. The van der Waals surface area contributed by atoms with Crippen LogP contribution in [0, 0.1) is 6.92 Å². The van der Waals surface area contributed by atoms with E-state index in [-0.39, 0.29) is 5.56 Å². The first-order valence-corrected chi connectivity index (χ1v) is 4.08. The summed E-state index contributed by atoms with van der Waals surface area (Å²) in [6, 6.07) is 1.29. The van der Waals surface area contributed by atoms with Crippen molar-refractivity contribution in [2.45, 2.75) is 19.3 Å². The third kappa shape index (κ3) is 2.40. The maximum absolute atomic E-state index is 12.4. The Bertz CT molecular complexity index is 404. The molecule has 1 nitrogen and oxygen atoms in total. The maximum Gasteiger partial charge on any atom is 0.418 e. The summed E-state index contributed by atoms with van der Waals surface area (Å²) >= 11 is 0. The van der Waals surface area contributed by atoms with Crippen LogP contribution in [0.3, 0.4) is 0 Å². The van der Waals surface area contributed by atoms with Gasteiger partial charge in [-0.15, -0.1) is 0 Å². The number of alkyl halides is 6. The molecule has 7 heteroatoms. The number of anilines is 1. The number of nitrogen functional groups attached to an aromatic ring is 1. The van der Waals surface area contributed by atoms with Crippen molar-refractivity contribution >= 4 is 5.69 Å².